The molecule has 1 atom stereocenters. The molecule has 1 saturated heterocycles. The molecule has 0 saturated carbocycles. The van der Waals surface area contributed by atoms with Crippen molar-refractivity contribution in [1.82, 2.24) is 4.90 Å². The lowest BCUT2D eigenvalue weighted by atomic mass is 10.0. The molecule has 0 spiro atoms. The van der Waals surface area contributed by atoms with Gasteiger partial charge in [-0.3, -0.25) is 9.59 Å². The summed E-state index contributed by atoms with van der Waals surface area (Å²) < 4.78 is 0. The Kier molecular flexibility index (Phi) is 4.62. The first-order chi connectivity index (χ1) is 11.9. The molecule has 0 aliphatic carbocycles. The molecule has 1 aliphatic heterocycles. The maximum absolute atomic E-state index is 12.9. The summed E-state index contributed by atoms with van der Waals surface area (Å²) in [5, 5.41) is 0. The normalized spacial score (nSPS) is 17.8. The second-order valence-corrected chi connectivity index (χ2v) is 6.75. The molecule has 0 radical (unpaired) electrons. The molecule has 2 aromatic rings. The van der Waals surface area contributed by atoms with Gasteiger partial charge >= 0.3 is 0 Å². The fourth-order valence-electron chi connectivity index (χ4n) is 3.36. The smallest absolute Gasteiger partial charge is 0.254 e. The van der Waals surface area contributed by atoms with E-state index in [0.29, 0.717) is 18.7 Å². The molecule has 0 bridgehead atoms. The number of rotatable bonds is 2. The second kappa shape index (κ2) is 6.71. The maximum Gasteiger partial charge on any atom is 0.254 e. The number of anilines is 1. The van der Waals surface area contributed by atoms with Crippen molar-refractivity contribution in [1.29, 1.82) is 0 Å². The van der Waals surface area contributed by atoms with Crippen LogP contribution in [0.4, 0.5) is 5.69 Å². The van der Waals surface area contributed by atoms with Gasteiger partial charge in [-0.1, -0.05) is 29.8 Å². The van der Waals surface area contributed by atoms with Crippen LogP contribution in [0.1, 0.15) is 34.0 Å². The number of nitrogens with zero attached hydrogens (tertiary/aromatic N) is 2. The molecule has 3 rings (SSSR count). The Balaban J connectivity index is 1.84. The zero-order valence-corrected chi connectivity index (χ0v) is 15.2. The van der Waals surface area contributed by atoms with E-state index in [4.69, 9.17) is 0 Å². The van der Waals surface area contributed by atoms with Crippen molar-refractivity contribution >= 4 is 17.5 Å². The van der Waals surface area contributed by atoms with E-state index in [1.54, 1.807) is 4.90 Å². The number of carbonyl (C=O) groups excluding carboxylic acids is 2. The minimum absolute atomic E-state index is 0.0269. The second-order valence-electron chi connectivity index (χ2n) is 6.75. The lowest BCUT2D eigenvalue weighted by Gasteiger charge is -2.39. The van der Waals surface area contributed by atoms with Crippen LogP contribution in [0.15, 0.2) is 42.5 Å². The molecule has 1 fully saturated rings. The average Bonchev–Trinajstić information content (AvgIpc) is 2.59. The van der Waals surface area contributed by atoms with Crippen molar-refractivity contribution in [2.75, 3.05) is 18.0 Å². The van der Waals surface area contributed by atoms with Crippen LogP contribution in [0.5, 0.6) is 0 Å². The minimum Gasteiger partial charge on any atom is -0.325 e. The predicted octanol–water partition coefficient (Wildman–Crippen LogP) is 3.49. The molecule has 25 heavy (non-hydrogen) atoms. The van der Waals surface area contributed by atoms with Crippen LogP contribution in [0.3, 0.4) is 0 Å². The molecule has 2 aromatic carbocycles. The average molecular weight is 336 g/mol. The van der Waals surface area contributed by atoms with Gasteiger partial charge in [-0.2, -0.15) is 0 Å². The minimum atomic E-state index is -0.471. The van der Waals surface area contributed by atoms with Crippen LogP contribution in [0, 0.1) is 20.8 Å². The SMILES string of the molecule is Cc1cccc(C(=O)N2CCN(c3cccc(C)c3C)C(=O)[C@@H]2C)c1. The van der Waals surface area contributed by atoms with Crippen LogP contribution in [-0.4, -0.2) is 35.8 Å². The maximum atomic E-state index is 12.9. The van der Waals surface area contributed by atoms with Crippen molar-refractivity contribution in [3.63, 3.8) is 0 Å². The van der Waals surface area contributed by atoms with E-state index in [0.717, 1.165) is 22.4 Å². The molecule has 2 amide bonds. The van der Waals surface area contributed by atoms with Crippen LogP contribution in [-0.2, 0) is 4.79 Å². The highest BCUT2D eigenvalue weighted by atomic mass is 16.2. The van der Waals surface area contributed by atoms with Crippen molar-refractivity contribution in [3.8, 4) is 0 Å². The summed E-state index contributed by atoms with van der Waals surface area (Å²) in [7, 11) is 0. The fraction of sp³-hybridized carbons (Fsp3) is 0.333. The van der Waals surface area contributed by atoms with E-state index in [9.17, 15) is 9.59 Å². The van der Waals surface area contributed by atoms with Gasteiger partial charge in [-0.25, -0.2) is 0 Å². The van der Waals surface area contributed by atoms with Gasteiger partial charge in [0.1, 0.15) is 6.04 Å². The standard InChI is InChI=1S/C21H24N2O2/c1-14-7-5-9-18(13-14)21(25)22-11-12-23(20(24)17(22)4)19-10-6-8-15(2)16(19)3/h5-10,13,17H,11-12H2,1-4H3/t17-/m0/s1. The largest absolute Gasteiger partial charge is 0.325 e. The number of aryl methyl sites for hydroxylation is 2. The Labute approximate surface area is 149 Å². The molecule has 4 heteroatoms. The van der Waals surface area contributed by atoms with Gasteiger partial charge in [0.25, 0.3) is 5.91 Å². The molecular formula is C21H24N2O2. The molecule has 0 N–H and O–H groups in total. The highest BCUT2D eigenvalue weighted by Gasteiger charge is 2.35. The number of piperazine rings is 1. The Morgan fingerprint density at radius 3 is 2.48 bits per heavy atom. The van der Waals surface area contributed by atoms with Gasteiger partial charge in [-0.15, -0.1) is 0 Å². The first-order valence-corrected chi connectivity index (χ1v) is 8.65. The predicted molar refractivity (Wildman–Crippen MR) is 99.9 cm³/mol. The number of benzene rings is 2. The van der Waals surface area contributed by atoms with Crippen molar-refractivity contribution < 1.29 is 9.59 Å². The highest BCUT2D eigenvalue weighted by molar-refractivity contribution is 6.03. The zero-order valence-electron chi connectivity index (χ0n) is 15.2. The third-order valence-corrected chi connectivity index (χ3v) is 5.05. The van der Waals surface area contributed by atoms with Crippen LogP contribution < -0.4 is 4.90 Å². The summed E-state index contributed by atoms with van der Waals surface area (Å²) in [6.45, 7) is 8.91. The first kappa shape index (κ1) is 17.2. The van der Waals surface area contributed by atoms with Crippen LogP contribution in [0.2, 0.25) is 0 Å². The van der Waals surface area contributed by atoms with Gasteiger partial charge < -0.3 is 9.80 Å². The van der Waals surface area contributed by atoms with E-state index in [1.807, 2.05) is 75.1 Å². The Bertz CT molecular complexity index is 828. The monoisotopic (exact) mass is 336 g/mol. The van der Waals surface area contributed by atoms with Crippen molar-refractivity contribution in [3.05, 3.63) is 64.7 Å². The molecular weight excluding hydrogens is 312 g/mol. The third-order valence-electron chi connectivity index (χ3n) is 5.05. The van der Waals surface area contributed by atoms with Gasteiger partial charge in [0.15, 0.2) is 0 Å². The molecule has 130 valence electrons. The molecule has 1 aliphatic rings. The topological polar surface area (TPSA) is 40.6 Å². The van der Waals surface area contributed by atoms with Gasteiger partial charge in [0.05, 0.1) is 0 Å². The highest BCUT2D eigenvalue weighted by Crippen LogP contribution is 2.26. The molecule has 0 unspecified atom stereocenters. The van der Waals surface area contributed by atoms with Crippen molar-refractivity contribution in [2.24, 2.45) is 0 Å². The quantitative estimate of drug-likeness (QED) is 0.842. The van der Waals surface area contributed by atoms with Gasteiger partial charge in [0.2, 0.25) is 5.91 Å². The number of hydrogen-bond donors (Lipinski definition) is 0. The lowest BCUT2D eigenvalue weighted by molar-refractivity contribution is -0.124. The zero-order chi connectivity index (χ0) is 18.1. The Morgan fingerprint density at radius 2 is 1.76 bits per heavy atom. The van der Waals surface area contributed by atoms with Crippen molar-refractivity contribution in [2.45, 2.75) is 33.7 Å². The van der Waals surface area contributed by atoms with E-state index in [-0.39, 0.29) is 11.8 Å². The number of hydrogen-bond acceptors (Lipinski definition) is 2. The molecule has 4 nitrogen and oxygen atoms in total. The number of amides is 2. The first-order valence-electron chi connectivity index (χ1n) is 8.65. The van der Waals surface area contributed by atoms with Crippen LogP contribution in [0.25, 0.3) is 0 Å². The lowest BCUT2D eigenvalue weighted by Crippen LogP contribution is -2.58. The summed E-state index contributed by atoms with van der Waals surface area (Å²) in [4.78, 5) is 29.3. The molecule has 0 aromatic heterocycles. The Morgan fingerprint density at radius 1 is 1.04 bits per heavy atom. The van der Waals surface area contributed by atoms with E-state index in [2.05, 4.69) is 0 Å². The van der Waals surface area contributed by atoms with Crippen LogP contribution >= 0.6 is 0 Å². The van der Waals surface area contributed by atoms with Gasteiger partial charge in [-0.05, 0) is 57.0 Å². The summed E-state index contributed by atoms with van der Waals surface area (Å²) >= 11 is 0. The Hall–Kier alpha value is -2.62. The molecule has 1 heterocycles. The summed E-state index contributed by atoms with van der Waals surface area (Å²) in [6, 6.07) is 13.0. The summed E-state index contributed by atoms with van der Waals surface area (Å²) in [5.74, 6) is -0.105. The van der Waals surface area contributed by atoms with Gasteiger partial charge in [0, 0.05) is 24.3 Å². The number of carbonyl (C=O) groups is 2. The van der Waals surface area contributed by atoms with E-state index in [1.165, 1.54) is 0 Å². The summed E-state index contributed by atoms with van der Waals surface area (Å²) in [5.41, 5.74) is 4.90. The fourth-order valence-corrected chi connectivity index (χ4v) is 3.36. The third kappa shape index (κ3) is 3.16. The van der Waals surface area contributed by atoms with E-state index >= 15 is 0 Å². The summed E-state index contributed by atoms with van der Waals surface area (Å²) in [6.07, 6.45) is 0. The van der Waals surface area contributed by atoms with E-state index < -0.39 is 6.04 Å².